The predicted octanol–water partition coefficient (Wildman–Crippen LogP) is 12.9. The van der Waals surface area contributed by atoms with Crippen molar-refractivity contribution in [1.29, 1.82) is 0 Å². The molecule has 0 bridgehead atoms. The summed E-state index contributed by atoms with van der Waals surface area (Å²) in [7, 11) is 0. The van der Waals surface area contributed by atoms with Crippen molar-refractivity contribution in [2.75, 3.05) is 0 Å². The van der Waals surface area contributed by atoms with Crippen molar-refractivity contribution >= 4 is 106 Å². The van der Waals surface area contributed by atoms with E-state index < -0.39 is 0 Å². The molecule has 224 valence electrons. The fourth-order valence-electron chi connectivity index (χ4n) is 7.18. The zero-order valence-electron chi connectivity index (χ0n) is 25.3. The number of benzene rings is 6. The lowest BCUT2D eigenvalue weighted by Gasteiger charge is -2.10. The van der Waals surface area contributed by atoms with Gasteiger partial charge in [-0.1, -0.05) is 60.7 Å². The standard InChI is InChI=1S/C42H23N3S3/c1-4-10-33-24(7-1)19-20-45(33)27-16-13-25(14-17-27)41-43-40(26-15-18-36-30(21-26)28-8-2-5-11-34(28)46-36)39-32-22-31-29-9-3-6-12-35(29)47-37(31)23-38(32)48-42(39)44-41/h1-23H. The molecule has 0 aliphatic carbocycles. The number of rotatable bonds is 3. The summed E-state index contributed by atoms with van der Waals surface area (Å²) in [5, 5.41) is 8.75. The Hall–Kier alpha value is -5.40. The van der Waals surface area contributed by atoms with Crippen molar-refractivity contribution < 1.29 is 0 Å². The van der Waals surface area contributed by atoms with Crippen molar-refractivity contribution in [3.05, 3.63) is 140 Å². The van der Waals surface area contributed by atoms with Gasteiger partial charge in [-0.3, -0.25) is 0 Å². The maximum absolute atomic E-state index is 5.40. The third-order valence-corrected chi connectivity index (χ3v) is 12.8. The lowest BCUT2D eigenvalue weighted by Crippen LogP contribution is -1.95. The van der Waals surface area contributed by atoms with Crippen LogP contribution in [0.1, 0.15) is 0 Å². The first-order valence-electron chi connectivity index (χ1n) is 15.9. The van der Waals surface area contributed by atoms with Crippen LogP contribution in [-0.2, 0) is 0 Å². The van der Waals surface area contributed by atoms with E-state index in [4.69, 9.17) is 9.97 Å². The number of nitrogens with zero attached hydrogens (tertiary/aromatic N) is 3. The Morgan fingerprint density at radius 2 is 1.12 bits per heavy atom. The van der Waals surface area contributed by atoms with Crippen LogP contribution in [0.15, 0.2) is 140 Å². The Labute approximate surface area is 286 Å². The molecule has 0 saturated carbocycles. The quantitative estimate of drug-likeness (QED) is 0.188. The Balaban J connectivity index is 1.15. The normalized spacial score (nSPS) is 12.2. The van der Waals surface area contributed by atoms with E-state index in [0.29, 0.717) is 0 Å². The van der Waals surface area contributed by atoms with Gasteiger partial charge in [-0.25, -0.2) is 9.97 Å². The molecule has 5 aromatic heterocycles. The van der Waals surface area contributed by atoms with E-state index in [-0.39, 0.29) is 0 Å². The second-order valence-electron chi connectivity index (χ2n) is 12.2. The molecule has 6 heteroatoms. The van der Waals surface area contributed by atoms with Gasteiger partial charge in [-0.15, -0.1) is 34.0 Å². The van der Waals surface area contributed by atoms with Gasteiger partial charge in [0, 0.05) is 78.8 Å². The van der Waals surface area contributed by atoms with E-state index in [1.54, 1.807) is 11.3 Å². The van der Waals surface area contributed by atoms with Crippen LogP contribution in [0.25, 0.3) is 99.9 Å². The second-order valence-corrected chi connectivity index (χ2v) is 15.4. The van der Waals surface area contributed by atoms with Crippen LogP contribution in [-0.4, -0.2) is 14.5 Å². The fourth-order valence-corrected chi connectivity index (χ4v) is 10.6. The van der Waals surface area contributed by atoms with E-state index >= 15 is 0 Å². The summed E-state index contributed by atoms with van der Waals surface area (Å²) in [5.74, 6) is 0.746. The molecule has 0 aliphatic heterocycles. The minimum atomic E-state index is 0.746. The largest absolute Gasteiger partial charge is 0.317 e. The Kier molecular flexibility index (Phi) is 5.58. The molecule has 0 fully saturated rings. The SMILES string of the molecule is c1ccc2c(c1)ccn2-c1ccc(-c2nc(-c3ccc4sc5ccccc5c4c3)c3c(n2)sc2cc4sc5ccccc5c4cc23)cc1. The third-order valence-electron chi connectivity index (χ3n) is 9.48. The number of para-hydroxylation sites is 1. The molecule has 0 atom stereocenters. The van der Waals surface area contributed by atoms with Gasteiger partial charge in [0.15, 0.2) is 5.82 Å². The molecule has 0 amide bonds. The zero-order chi connectivity index (χ0) is 31.3. The molecule has 3 nitrogen and oxygen atoms in total. The molecular formula is C42H23N3S3. The lowest BCUT2D eigenvalue weighted by molar-refractivity contribution is 1.13. The summed E-state index contributed by atoms with van der Waals surface area (Å²) in [6, 6.07) is 48.3. The summed E-state index contributed by atoms with van der Waals surface area (Å²) >= 11 is 5.48. The molecule has 0 radical (unpaired) electrons. The molecule has 0 spiro atoms. The zero-order valence-corrected chi connectivity index (χ0v) is 27.8. The van der Waals surface area contributed by atoms with Gasteiger partial charge < -0.3 is 4.57 Å². The van der Waals surface area contributed by atoms with Gasteiger partial charge in [-0.05, 0) is 78.2 Å². The number of fused-ring (bicyclic) bond motifs is 10. The fraction of sp³-hybridized carbons (Fsp3) is 0. The predicted molar refractivity (Wildman–Crippen MR) is 208 cm³/mol. The van der Waals surface area contributed by atoms with Gasteiger partial charge >= 0.3 is 0 Å². The first-order valence-corrected chi connectivity index (χ1v) is 18.3. The summed E-state index contributed by atoms with van der Waals surface area (Å²) < 4.78 is 8.70. The third kappa shape index (κ3) is 3.91. The minimum absolute atomic E-state index is 0.746. The summed E-state index contributed by atoms with van der Waals surface area (Å²) in [6.07, 6.45) is 2.13. The average molecular weight is 666 g/mol. The summed E-state index contributed by atoms with van der Waals surface area (Å²) in [4.78, 5) is 11.7. The highest BCUT2D eigenvalue weighted by molar-refractivity contribution is 7.28. The van der Waals surface area contributed by atoms with Gasteiger partial charge in [0.2, 0.25) is 0 Å². The van der Waals surface area contributed by atoms with Crippen molar-refractivity contribution in [1.82, 2.24) is 14.5 Å². The number of hydrogen-bond donors (Lipinski definition) is 0. The minimum Gasteiger partial charge on any atom is -0.317 e. The smallest absolute Gasteiger partial charge is 0.161 e. The van der Waals surface area contributed by atoms with Gasteiger partial charge in [0.05, 0.1) is 11.2 Å². The molecule has 11 aromatic rings. The van der Waals surface area contributed by atoms with Gasteiger partial charge in [0.1, 0.15) is 4.83 Å². The molecule has 0 unspecified atom stereocenters. The van der Waals surface area contributed by atoms with Crippen LogP contribution in [0.3, 0.4) is 0 Å². The van der Waals surface area contributed by atoms with Gasteiger partial charge in [-0.2, -0.15) is 0 Å². The van der Waals surface area contributed by atoms with Crippen LogP contribution in [0, 0.1) is 0 Å². The molecule has 0 aliphatic rings. The van der Waals surface area contributed by atoms with E-state index in [2.05, 4.69) is 144 Å². The number of aromatic nitrogens is 3. The first kappa shape index (κ1) is 26.6. The average Bonchev–Trinajstić information content (AvgIpc) is 3.91. The number of thiophene rings is 3. The van der Waals surface area contributed by atoms with Crippen molar-refractivity contribution in [2.45, 2.75) is 0 Å². The highest BCUT2D eigenvalue weighted by Gasteiger charge is 2.20. The van der Waals surface area contributed by atoms with Crippen LogP contribution in [0.5, 0.6) is 0 Å². The second kappa shape index (κ2) is 10.1. The van der Waals surface area contributed by atoms with Crippen LogP contribution < -0.4 is 0 Å². The topological polar surface area (TPSA) is 30.7 Å². The van der Waals surface area contributed by atoms with E-state index in [9.17, 15) is 0 Å². The number of hydrogen-bond acceptors (Lipinski definition) is 5. The Bertz CT molecular complexity index is 3070. The molecular weight excluding hydrogens is 643 g/mol. The van der Waals surface area contributed by atoms with E-state index in [1.807, 2.05) is 22.7 Å². The van der Waals surface area contributed by atoms with Crippen LogP contribution >= 0.6 is 34.0 Å². The van der Waals surface area contributed by atoms with Crippen molar-refractivity contribution in [3.8, 4) is 28.3 Å². The van der Waals surface area contributed by atoms with Crippen molar-refractivity contribution in [3.63, 3.8) is 0 Å². The van der Waals surface area contributed by atoms with Crippen LogP contribution in [0.2, 0.25) is 0 Å². The molecule has 11 rings (SSSR count). The lowest BCUT2D eigenvalue weighted by atomic mass is 10.0. The van der Waals surface area contributed by atoms with Gasteiger partial charge in [0.25, 0.3) is 0 Å². The highest BCUT2D eigenvalue weighted by atomic mass is 32.1. The Morgan fingerprint density at radius 3 is 1.96 bits per heavy atom. The maximum Gasteiger partial charge on any atom is 0.161 e. The van der Waals surface area contributed by atoms with E-state index in [1.165, 1.54) is 61.3 Å². The van der Waals surface area contributed by atoms with E-state index in [0.717, 1.165) is 38.5 Å². The molecule has 5 heterocycles. The monoisotopic (exact) mass is 665 g/mol. The highest BCUT2D eigenvalue weighted by Crippen LogP contribution is 2.45. The first-order chi connectivity index (χ1) is 23.7. The summed E-state index contributed by atoms with van der Waals surface area (Å²) in [6.45, 7) is 0. The van der Waals surface area contributed by atoms with Crippen LogP contribution in [0.4, 0.5) is 0 Å². The Morgan fingerprint density at radius 1 is 0.458 bits per heavy atom. The summed E-state index contributed by atoms with van der Waals surface area (Å²) in [5.41, 5.74) is 5.41. The van der Waals surface area contributed by atoms with Crippen molar-refractivity contribution in [2.24, 2.45) is 0 Å². The molecule has 0 saturated heterocycles. The maximum atomic E-state index is 5.40. The molecule has 6 aromatic carbocycles. The molecule has 0 N–H and O–H groups in total. The molecule has 48 heavy (non-hydrogen) atoms.